The van der Waals surface area contributed by atoms with Gasteiger partial charge < -0.3 is 21.5 Å². The molecule has 6 nitrogen and oxygen atoms in total. The van der Waals surface area contributed by atoms with Gasteiger partial charge >= 0.3 is 5.97 Å². The Hall–Kier alpha value is -2.24. The van der Waals surface area contributed by atoms with Crippen molar-refractivity contribution < 1.29 is 14.3 Å². The Kier molecular flexibility index (Phi) is 5.66. The SMILES string of the molecule is COC(=O)c1cccc(N)c1NCCCCC(N)=O. The molecule has 0 bridgehead atoms. The zero-order chi connectivity index (χ0) is 14.3. The average Bonchev–Trinajstić information content (AvgIpc) is 2.38. The summed E-state index contributed by atoms with van der Waals surface area (Å²) in [7, 11) is 1.32. The Bertz CT molecular complexity index is 460. The number of primary amides is 1. The number of hydrogen-bond donors (Lipinski definition) is 3. The third-order valence-corrected chi connectivity index (χ3v) is 2.65. The zero-order valence-corrected chi connectivity index (χ0v) is 10.9. The van der Waals surface area contributed by atoms with Gasteiger partial charge in [0.05, 0.1) is 24.0 Å². The number of unbranched alkanes of at least 4 members (excludes halogenated alkanes) is 1. The van der Waals surface area contributed by atoms with Crippen molar-refractivity contribution in [1.29, 1.82) is 0 Å². The van der Waals surface area contributed by atoms with Crippen LogP contribution < -0.4 is 16.8 Å². The molecule has 0 atom stereocenters. The van der Waals surface area contributed by atoms with Gasteiger partial charge in [-0.3, -0.25) is 4.79 Å². The predicted octanol–water partition coefficient (Wildman–Crippen LogP) is 1.12. The second kappa shape index (κ2) is 7.25. The lowest BCUT2D eigenvalue weighted by atomic mass is 10.1. The normalized spacial score (nSPS) is 9.95. The minimum atomic E-state index is -0.438. The maximum Gasteiger partial charge on any atom is 0.340 e. The molecule has 0 aliphatic rings. The van der Waals surface area contributed by atoms with Crippen LogP contribution in [0.1, 0.15) is 29.6 Å². The van der Waals surface area contributed by atoms with Crippen LogP contribution in [-0.4, -0.2) is 25.5 Å². The molecule has 6 heteroatoms. The van der Waals surface area contributed by atoms with E-state index in [0.717, 1.165) is 6.42 Å². The number of carbonyl (C=O) groups excluding carboxylic acids is 2. The highest BCUT2D eigenvalue weighted by Gasteiger charge is 2.13. The maximum absolute atomic E-state index is 11.6. The Labute approximate surface area is 112 Å². The molecule has 0 saturated carbocycles. The van der Waals surface area contributed by atoms with Crippen molar-refractivity contribution in [3.63, 3.8) is 0 Å². The smallest absolute Gasteiger partial charge is 0.340 e. The van der Waals surface area contributed by atoms with Crippen LogP contribution in [0.4, 0.5) is 11.4 Å². The van der Waals surface area contributed by atoms with Crippen LogP contribution in [0, 0.1) is 0 Å². The molecule has 1 amide bonds. The monoisotopic (exact) mass is 265 g/mol. The molecule has 0 aromatic heterocycles. The predicted molar refractivity (Wildman–Crippen MR) is 73.7 cm³/mol. The average molecular weight is 265 g/mol. The number of carbonyl (C=O) groups is 2. The molecule has 1 rings (SSSR count). The summed E-state index contributed by atoms with van der Waals surface area (Å²) in [5.41, 5.74) is 12.3. The number of methoxy groups -OCH3 is 1. The fraction of sp³-hybridized carbons (Fsp3) is 0.385. The molecule has 1 aromatic rings. The van der Waals surface area contributed by atoms with Gasteiger partial charge in [-0.2, -0.15) is 0 Å². The molecular weight excluding hydrogens is 246 g/mol. The quantitative estimate of drug-likeness (QED) is 0.389. The Morgan fingerprint density at radius 1 is 1.32 bits per heavy atom. The number of ether oxygens (including phenoxy) is 1. The molecule has 5 N–H and O–H groups in total. The molecular formula is C13H19N3O3. The third kappa shape index (κ3) is 4.50. The van der Waals surface area contributed by atoms with Crippen LogP contribution in [-0.2, 0) is 9.53 Å². The van der Waals surface area contributed by atoms with Crippen LogP contribution >= 0.6 is 0 Å². The van der Waals surface area contributed by atoms with Gasteiger partial charge in [0.1, 0.15) is 0 Å². The highest BCUT2D eigenvalue weighted by atomic mass is 16.5. The molecule has 0 aliphatic heterocycles. The molecule has 0 spiro atoms. The van der Waals surface area contributed by atoms with Gasteiger partial charge in [-0.15, -0.1) is 0 Å². The second-order valence-electron chi connectivity index (χ2n) is 4.11. The molecule has 0 unspecified atom stereocenters. The van der Waals surface area contributed by atoms with E-state index in [-0.39, 0.29) is 5.91 Å². The number of nitrogens with two attached hydrogens (primary N) is 2. The van der Waals surface area contributed by atoms with E-state index < -0.39 is 5.97 Å². The number of esters is 1. The standard InChI is InChI=1S/C13H19N3O3/c1-19-13(18)9-5-4-6-10(14)12(9)16-8-3-2-7-11(15)17/h4-6,16H,2-3,7-8,14H2,1H3,(H2,15,17). The number of amides is 1. The van der Waals surface area contributed by atoms with Gasteiger partial charge in [0.25, 0.3) is 0 Å². The van der Waals surface area contributed by atoms with Gasteiger partial charge in [-0.25, -0.2) is 4.79 Å². The van der Waals surface area contributed by atoms with Crippen molar-refractivity contribution in [2.24, 2.45) is 5.73 Å². The lowest BCUT2D eigenvalue weighted by Crippen LogP contribution is -2.13. The van der Waals surface area contributed by atoms with E-state index in [2.05, 4.69) is 5.32 Å². The molecule has 0 aliphatic carbocycles. The first-order valence-electron chi connectivity index (χ1n) is 6.05. The summed E-state index contributed by atoms with van der Waals surface area (Å²) in [5.74, 6) is -0.749. The van der Waals surface area contributed by atoms with Gasteiger partial charge in [-0.1, -0.05) is 6.07 Å². The van der Waals surface area contributed by atoms with Crippen molar-refractivity contribution in [2.45, 2.75) is 19.3 Å². The topological polar surface area (TPSA) is 107 Å². The molecule has 0 radical (unpaired) electrons. The van der Waals surface area contributed by atoms with E-state index in [1.54, 1.807) is 18.2 Å². The molecule has 19 heavy (non-hydrogen) atoms. The third-order valence-electron chi connectivity index (χ3n) is 2.65. The van der Waals surface area contributed by atoms with Crippen molar-refractivity contribution in [2.75, 3.05) is 24.7 Å². The lowest BCUT2D eigenvalue weighted by Gasteiger charge is -2.13. The first-order chi connectivity index (χ1) is 9.06. The highest BCUT2D eigenvalue weighted by molar-refractivity contribution is 5.98. The molecule has 104 valence electrons. The van der Waals surface area contributed by atoms with Gasteiger partial charge in [0.15, 0.2) is 0 Å². The van der Waals surface area contributed by atoms with Crippen molar-refractivity contribution >= 4 is 23.3 Å². The Morgan fingerprint density at radius 3 is 2.68 bits per heavy atom. The summed E-state index contributed by atoms with van der Waals surface area (Å²) < 4.78 is 4.70. The van der Waals surface area contributed by atoms with E-state index >= 15 is 0 Å². The van der Waals surface area contributed by atoms with E-state index in [4.69, 9.17) is 16.2 Å². The van der Waals surface area contributed by atoms with Crippen LogP contribution in [0.2, 0.25) is 0 Å². The molecule has 0 heterocycles. The first kappa shape index (κ1) is 14.8. The van der Waals surface area contributed by atoms with Crippen LogP contribution in [0.15, 0.2) is 18.2 Å². The summed E-state index contributed by atoms with van der Waals surface area (Å²) in [6, 6.07) is 5.05. The van der Waals surface area contributed by atoms with Crippen LogP contribution in [0.25, 0.3) is 0 Å². The number of nitrogen functional groups attached to an aromatic ring is 1. The second-order valence-corrected chi connectivity index (χ2v) is 4.11. The summed E-state index contributed by atoms with van der Waals surface area (Å²) in [4.78, 5) is 22.2. The van der Waals surface area contributed by atoms with Crippen molar-refractivity contribution in [1.82, 2.24) is 0 Å². The van der Waals surface area contributed by atoms with Crippen molar-refractivity contribution in [3.05, 3.63) is 23.8 Å². The van der Waals surface area contributed by atoms with E-state index in [1.807, 2.05) is 0 Å². The summed E-state index contributed by atoms with van der Waals surface area (Å²) in [6.07, 6.45) is 1.82. The van der Waals surface area contributed by atoms with E-state index in [9.17, 15) is 9.59 Å². The highest BCUT2D eigenvalue weighted by Crippen LogP contribution is 2.24. The largest absolute Gasteiger partial charge is 0.465 e. The van der Waals surface area contributed by atoms with E-state index in [1.165, 1.54) is 7.11 Å². The Balaban J connectivity index is 2.61. The maximum atomic E-state index is 11.6. The number of nitrogens with one attached hydrogen (secondary N) is 1. The number of anilines is 2. The fourth-order valence-electron chi connectivity index (χ4n) is 1.69. The number of rotatable bonds is 7. The van der Waals surface area contributed by atoms with Crippen molar-refractivity contribution in [3.8, 4) is 0 Å². The van der Waals surface area contributed by atoms with E-state index in [0.29, 0.717) is 36.3 Å². The Morgan fingerprint density at radius 2 is 2.05 bits per heavy atom. The van der Waals surface area contributed by atoms with Crippen LogP contribution in [0.5, 0.6) is 0 Å². The fourth-order valence-corrected chi connectivity index (χ4v) is 1.69. The molecule has 0 fully saturated rings. The van der Waals surface area contributed by atoms with Gasteiger partial charge in [0.2, 0.25) is 5.91 Å². The van der Waals surface area contributed by atoms with Gasteiger partial charge in [-0.05, 0) is 25.0 Å². The number of benzene rings is 1. The zero-order valence-electron chi connectivity index (χ0n) is 10.9. The van der Waals surface area contributed by atoms with Gasteiger partial charge in [0, 0.05) is 13.0 Å². The molecule has 0 saturated heterocycles. The molecule has 1 aromatic carbocycles. The first-order valence-corrected chi connectivity index (χ1v) is 6.05. The number of para-hydroxylation sites is 1. The summed E-state index contributed by atoms with van der Waals surface area (Å²) >= 11 is 0. The van der Waals surface area contributed by atoms with Crippen LogP contribution in [0.3, 0.4) is 0 Å². The summed E-state index contributed by atoms with van der Waals surface area (Å²) in [5, 5.41) is 3.09. The lowest BCUT2D eigenvalue weighted by molar-refractivity contribution is -0.118. The summed E-state index contributed by atoms with van der Waals surface area (Å²) in [6.45, 7) is 0.603. The minimum absolute atomic E-state index is 0.311. The minimum Gasteiger partial charge on any atom is -0.465 e. The number of hydrogen-bond acceptors (Lipinski definition) is 5.